The van der Waals surface area contributed by atoms with Crippen LogP contribution < -0.4 is 4.90 Å². The third-order valence-corrected chi connectivity index (χ3v) is 3.14. The van der Waals surface area contributed by atoms with Crippen LogP contribution in [0.5, 0.6) is 0 Å². The van der Waals surface area contributed by atoms with E-state index in [1.165, 1.54) is 17.4 Å². The summed E-state index contributed by atoms with van der Waals surface area (Å²) in [6, 6.07) is 4.66. The van der Waals surface area contributed by atoms with Crippen molar-refractivity contribution < 1.29 is 4.39 Å². The first kappa shape index (κ1) is 11.3. The number of rotatable bonds is 3. The van der Waals surface area contributed by atoms with Crippen molar-refractivity contribution in [3.8, 4) is 0 Å². The maximum atomic E-state index is 13.5. The molecule has 0 saturated carbocycles. The van der Waals surface area contributed by atoms with Gasteiger partial charge in [0, 0.05) is 24.2 Å². The number of hydrogen-bond donors (Lipinski definition) is 0. The molecule has 0 amide bonds. The van der Waals surface area contributed by atoms with E-state index in [-0.39, 0.29) is 5.82 Å². The third kappa shape index (κ3) is 2.48. The molecule has 6 heteroatoms. The molecule has 0 atom stereocenters. The van der Waals surface area contributed by atoms with Gasteiger partial charge in [-0.2, -0.15) is 0 Å². The number of anilines is 1. The van der Waals surface area contributed by atoms with E-state index in [1.54, 1.807) is 17.6 Å². The average Bonchev–Trinajstić information content (AvgIpc) is 2.75. The number of benzene rings is 1. The first-order valence-corrected chi connectivity index (χ1v) is 5.84. The van der Waals surface area contributed by atoms with E-state index in [2.05, 4.69) is 10.2 Å². The highest BCUT2D eigenvalue weighted by molar-refractivity contribution is 7.13. The Morgan fingerprint density at radius 2 is 2.31 bits per heavy atom. The molecule has 1 heterocycles. The van der Waals surface area contributed by atoms with Gasteiger partial charge < -0.3 is 4.90 Å². The first-order valence-electron chi connectivity index (χ1n) is 4.58. The lowest BCUT2D eigenvalue weighted by Crippen LogP contribution is -2.17. The molecule has 0 aliphatic carbocycles. The second kappa shape index (κ2) is 4.76. The van der Waals surface area contributed by atoms with E-state index in [4.69, 9.17) is 11.6 Å². The topological polar surface area (TPSA) is 29.0 Å². The predicted octanol–water partition coefficient (Wildman–Crippen LogP) is 2.97. The van der Waals surface area contributed by atoms with E-state index >= 15 is 0 Å². The van der Waals surface area contributed by atoms with Crippen molar-refractivity contribution in [2.75, 3.05) is 11.9 Å². The monoisotopic (exact) mass is 257 g/mol. The summed E-state index contributed by atoms with van der Waals surface area (Å²) in [5, 5.41) is 8.80. The maximum absolute atomic E-state index is 13.5. The summed E-state index contributed by atoms with van der Waals surface area (Å²) in [5.41, 5.74) is 2.23. The Bertz CT molecular complexity index is 475. The molecule has 1 aromatic heterocycles. The quantitative estimate of drug-likeness (QED) is 0.847. The van der Waals surface area contributed by atoms with Crippen LogP contribution in [0.2, 0.25) is 5.02 Å². The Kier molecular flexibility index (Phi) is 3.36. The van der Waals surface area contributed by atoms with E-state index < -0.39 is 0 Å². The molecular formula is C10H9ClFN3S. The highest BCUT2D eigenvalue weighted by atomic mass is 35.5. The second-order valence-corrected chi connectivity index (χ2v) is 4.56. The lowest BCUT2D eigenvalue weighted by atomic mass is 10.2. The summed E-state index contributed by atoms with van der Waals surface area (Å²) in [6.45, 7) is 0.443. The molecule has 2 aromatic rings. The summed E-state index contributed by atoms with van der Waals surface area (Å²) in [7, 11) is 1.84. The van der Waals surface area contributed by atoms with Crippen LogP contribution in [0.15, 0.2) is 23.7 Å². The molecule has 0 radical (unpaired) electrons. The molecule has 2 rings (SSSR count). The van der Waals surface area contributed by atoms with Gasteiger partial charge in [-0.25, -0.2) is 4.39 Å². The molecule has 16 heavy (non-hydrogen) atoms. The van der Waals surface area contributed by atoms with Crippen molar-refractivity contribution in [3.63, 3.8) is 0 Å². The normalized spacial score (nSPS) is 10.4. The zero-order valence-electron chi connectivity index (χ0n) is 8.52. The fourth-order valence-corrected chi connectivity index (χ4v) is 1.99. The van der Waals surface area contributed by atoms with Gasteiger partial charge >= 0.3 is 0 Å². The standard InChI is InChI=1S/C10H9ClFN3S/c1-15(10-14-13-6-16-10)5-7-2-3-8(11)4-9(7)12/h2-4,6H,5H2,1H3. The van der Waals surface area contributed by atoms with Crippen molar-refractivity contribution in [2.45, 2.75) is 6.54 Å². The second-order valence-electron chi connectivity index (χ2n) is 3.31. The van der Waals surface area contributed by atoms with Crippen LogP contribution in [0.25, 0.3) is 0 Å². The molecule has 0 bridgehead atoms. The lowest BCUT2D eigenvalue weighted by molar-refractivity contribution is 0.608. The Labute approximate surface area is 101 Å². The lowest BCUT2D eigenvalue weighted by Gasteiger charge is -2.15. The van der Waals surface area contributed by atoms with Crippen LogP contribution in [-0.4, -0.2) is 17.2 Å². The number of halogens is 2. The van der Waals surface area contributed by atoms with E-state index in [0.29, 0.717) is 17.1 Å². The third-order valence-electron chi connectivity index (χ3n) is 2.10. The minimum atomic E-state index is -0.302. The van der Waals surface area contributed by atoms with Crippen molar-refractivity contribution in [3.05, 3.63) is 40.1 Å². The highest BCUT2D eigenvalue weighted by Gasteiger charge is 2.09. The molecule has 0 fully saturated rings. The highest BCUT2D eigenvalue weighted by Crippen LogP contribution is 2.20. The fraction of sp³-hybridized carbons (Fsp3) is 0.200. The van der Waals surface area contributed by atoms with Crippen LogP contribution in [0.4, 0.5) is 9.52 Å². The minimum absolute atomic E-state index is 0.302. The largest absolute Gasteiger partial charge is 0.345 e. The SMILES string of the molecule is CN(Cc1ccc(Cl)cc1F)c1nncs1. The smallest absolute Gasteiger partial charge is 0.208 e. The Balaban J connectivity index is 2.15. The average molecular weight is 258 g/mol. The van der Waals surface area contributed by atoms with Crippen LogP contribution in [0.3, 0.4) is 0 Å². The van der Waals surface area contributed by atoms with Gasteiger partial charge in [-0.15, -0.1) is 10.2 Å². The van der Waals surface area contributed by atoms with E-state index in [9.17, 15) is 4.39 Å². The summed E-state index contributed by atoms with van der Waals surface area (Å²) in [5.74, 6) is -0.302. The molecule has 0 N–H and O–H groups in total. The Hall–Kier alpha value is -1.20. The number of hydrogen-bond acceptors (Lipinski definition) is 4. The van der Waals surface area contributed by atoms with Crippen molar-refractivity contribution >= 4 is 28.1 Å². The predicted molar refractivity (Wildman–Crippen MR) is 63.4 cm³/mol. The van der Waals surface area contributed by atoms with Crippen molar-refractivity contribution in [1.29, 1.82) is 0 Å². The van der Waals surface area contributed by atoms with Gasteiger partial charge in [0.1, 0.15) is 11.3 Å². The Morgan fingerprint density at radius 1 is 1.50 bits per heavy atom. The van der Waals surface area contributed by atoms with Gasteiger partial charge in [-0.1, -0.05) is 29.0 Å². The summed E-state index contributed by atoms with van der Waals surface area (Å²) in [4.78, 5) is 1.84. The molecule has 84 valence electrons. The van der Waals surface area contributed by atoms with E-state index in [0.717, 1.165) is 5.13 Å². The van der Waals surface area contributed by atoms with Crippen LogP contribution in [0, 0.1) is 5.82 Å². The zero-order chi connectivity index (χ0) is 11.5. The zero-order valence-corrected chi connectivity index (χ0v) is 10.1. The van der Waals surface area contributed by atoms with Crippen LogP contribution in [-0.2, 0) is 6.54 Å². The summed E-state index contributed by atoms with van der Waals surface area (Å²) < 4.78 is 13.5. The van der Waals surface area contributed by atoms with Gasteiger partial charge in [-0.3, -0.25) is 0 Å². The Morgan fingerprint density at radius 3 is 2.94 bits per heavy atom. The minimum Gasteiger partial charge on any atom is -0.345 e. The maximum Gasteiger partial charge on any atom is 0.208 e. The molecular weight excluding hydrogens is 249 g/mol. The molecule has 0 unspecified atom stereocenters. The van der Waals surface area contributed by atoms with Gasteiger partial charge in [0.2, 0.25) is 5.13 Å². The molecule has 0 saturated heterocycles. The summed E-state index contributed by atoms with van der Waals surface area (Å²) >= 11 is 7.09. The molecule has 3 nitrogen and oxygen atoms in total. The molecule has 0 spiro atoms. The van der Waals surface area contributed by atoms with Gasteiger partial charge in [0.15, 0.2) is 0 Å². The molecule has 1 aromatic carbocycles. The van der Waals surface area contributed by atoms with Gasteiger partial charge in [-0.05, 0) is 12.1 Å². The van der Waals surface area contributed by atoms with Crippen LogP contribution >= 0.6 is 22.9 Å². The summed E-state index contributed by atoms with van der Waals surface area (Å²) in [6.07, 6.45) is 0. The number of aromatic nitrogens is 2. The van der Waals surface area contributed by atoms with Gasteiger partial charge in [0.05, 0.1) is 0 Å². The van der Waals surface area contributed by atoms with Crippen LogP contribution in [0.1, 0.15) is 5.56 Å². The van der Waals surface area contributed by atoms with Crippen molar-refractivity contribution in [2.24, 2.45) is 0 Å². The molecule has 0 aliphatic rings. The number of nitrogens with zero attached hydrogens (tertiary/aromatic N) is 3. The molecule has 0 aliphatic heterocycles. The first-order chi connectivity index (χ1) is 7.66. The van der Waals surface area contributed by atoms with Crippen molar-refractivity contribution in [1.82, 2.24) is 10.2 Å². The van der Waals surface area contributed by atoms with Gasteiger partial charge in [0.25, 0.3) is 0 Å². The fourth-order valence-electron chi connectivity index (χ4n) is 1.31. The van der Waals surface area contributed by atoms with E-state index in [1.807, 2.05) is 11.9 Å².